The third kappa shape index (κ3) is 2.80. The summed E-state index contributed by atoms with van der Waals surface area (Å²) in [6, 6.07) is 5.98. The lowest BCUT2D eigenvalue weighted by Crippen LogP contribution is -2.11. The first-order chi connectivity index (χ1) is 6.54. The van der Waals surface area contributed by atoms with E-state index in [1.807, 2.05) is 12.1 Å². The van der Waals surface area contributed by atoms with E-state index < -0.39 is 6.10 Å². The van der Waals surface area contributed by atoms with Crippen LogP contribution in [0.3, 0.4) is 0 Å². The van der Waals surface area contributed by atoms with Crippen LogP contribution in [0.5, 0.6) is 0 Å². The van der Waals surface area contributed by atoms with Crippen LogP contribution in [-0.2, 0) is 0 Å². The Bertz CT molecular complexity index is 312. The summed E-state index contributed by atoms with van der Waals surface area (Å²) in [5, 5.41) is 9.61. The van der Waals surface area contributed by atoms with Gasteiger partial charge in [-0.05, 0) is 29.2 Å². The van der Waals surface area contributed by atoms with Gasteiger partial charge in [-0.1, -0.05) is 35.8 Å². The molecule has 1 unspecified atom stereocenters. The highest BCUT2D eigenvalue weighted by molar-refractivity contribution is 9.10. The number of hydrogen-bond acceptors (Lipinski definition) is 2. The molecule has 0 aliphatic rings. The van der Waals surface area contributed by atoms with E-state index in [0.29, 0.717) is 5.92 Å². The van der Waals surface area contributed by atoms with Crippen LogP contribution in [0.2, 0.25) is 0 Å². The molecule has 0 bridgehead atoms. The second-order valence-corrected chi connectivity index (χ2v) is 4.64. The molecule has 14 heavy (non-hydrogen) atoms. The fraction of sp³-hybridized carbons (Fsp3) is 0.455. The van der Waals surface area contributed by atoms with Crippen LogP contribution in [0.1, 0.15) is 37.0 Å². The molecule has 0 heterocycles. The molecule has 1 atom stereocenters. The molecule has 1 aromatic carbocycles. The van der Waals surface area contributed by atoms with Crippen LogP contribution in [-0.4, -0.2) is 11.7 Å². The minimum atomic E-state index is -0.565. The number of benzene rings is 1. The maximum Gasteiger partial charge on any atom is 0.0912 e. The van der Waals surface area contributed by atoms with E-state index in [0.717, 1.165) is 10.0 Å². The van der Waals surface area contributed by atoms with Crippen molar-refractivity contribution in [3.05, 3.63) is 33.8 Å². The number of hydrogen-bond donors (Lipinski definition) is 2. The van der Waals surface area contributed by atoms with Gasteiger partial charge in [0.15, 0.2) is 0 Å². The quantitative estimate of drug-likeness (QED) is 0.875. The zero-order valence-corrected chi connectivity index (χ0v) is 10.1. The lowest BCUT2D eigenvalue weighted by molar-refractivity contribution is 0.186. The van der Waals surface area contributed by atoms with Gasteiger partial charge in [0.2, 0.25) is 0 Å². The Morgan fingerprint density at radius 1 is 1.29 bits per heavy atom. The minimum Gasteiger partial charge on any atom is -0.387 e. The molecule has 0 saturated carbocycles. The highest BCUT2D eigenvalue weighted by Gasteiger charge is 2.08. The van der Waals surface area contributed by atoms with Crippen LogP contribution in [0.4, 0.5) is 0 Å². The lowest BCUT2D eigenvalue weighted by atomic mass is 9.99. The molecule has 78 valence electrons. The number of rotatable bonds is 3. The third-order valence-corrected chi connectivity index (χ3v) is 2.67. The van der Waals surface area contributed by atoms with Gasteiger partial charge in [-0.3, -0.25) is 0 Å². The number of aliphatic hydroxyl groups is 1. The summed E-state index contributed by atoms with van der Waals surface area (Å²) >= 11 is 3.43. The van der Waals surface area contributed by atoms with E-state index in [1.54, 1.807) is 0 Å². The van der Waals surface area contributed by atoms with Gasteiger partial charge in [0.05, 0.1) is 6.10 Å². The average molecular weight is 258 g/mol. The molecule has 0 radical (unpaired) electrons. The summed E-state index contributed by atoms with van der Waals surface area (Å²) in [7, 11) is 0. The zero-order valence-electron chi connectivity index (χ0n) is 8.50. The summed E-state index contributed by atoms with van der Waals surface area (Å²) in [5.41, 5.74) is 7.51. The Balaban J connectivity index is 3.07. The molecule has 3 N–H and O–H groups in total. The topological polar surface area (TPSA) is 46.2 Å². The van der Waals surface area contributed by atoms with Crippen molar-refractivity contribution < 1.29 is 5.11 Å². The molecular formula is C11H16BrNO. The standard InChI is InChI=1S/C11H16BrNO/c1-7(2)8-3-9(11(14)6-13)5-10(12)4-8/h3-5,7,11,14H,6,13H2,1-2H3. The van der Waals surface area contributed by atoms with Gasteiger partial charge in [0.1, 0.15) is 0 Å². The molecule has 1 aromatic rings. The highest BCUT2D eigenvalue weighted by Crippen LogP contribution is 2.24. The van der Waals surface area contributed by atoms with Crippen LogP contribution in [0.25, 0.3) is 0 Å². The largest absolute Gasteiger partial charge is 0.387 e. The first kappa shape index (κ1) is 11.7. The van der Waals surface area contributed by atoms with Gasteiger partial charge in [-0.2, -0.15) is 0 Å². The Morgan fingerprint density at radius 2 is 1.86 bits per heavy atom. The Hall–Kier alpha value is -0.380. The summed E-state index contributed by atoms with van der Waals surface area (Å²) in [6.45, 7) is 4.51. The fourth-order valence-electron chi connectivity index (χ4n) is 1.30. The highest BCUT2D eigenvalue weighted by atomic mass is 79.9. The lowest BCUT2D eigenvalue weighted by Gasteiger charge is -2.13. The second kappa shape index (κ2) is 4.91. The summed E-state index contributed by atoms with van der Waals surface area (Å²) in [5.74, 6) is 0.455. The molecule has 0 saturated heterocycles. The van der Waals surface area contributed by atoms with Crippen LogP contribution >= 0.6 is 15.9 Å². The normalized spacial score (nSPS) is 13.3. The second-order valence-electron chi connectivity index (χ2n) is 3.72. The predicted octanol–water partition coefficient (Wildman–Crippen LogP) is 2.56. The molecule has 0 amide bonds. The molecule has 3 heteroatoms. The van der Waals surface area contributed by atoms with Gasteiger partial charge in [-0.25, -0.2) is 0 Å². The summed E-state index contributed by atoms with van der Waals surface area (Å²) < 4.78 is 0.992. The first-order valence-electron chi connectivity index (χ1n) is 4.73. The van der Waals surface area contributed by atoms with Crippen LogP contribution in [0, 0.1) is 0 Å². The monoisotopic (exact) mass is 257 g/mol. The maximum absolute atomic E-state index is 9.61. The van der Waals surface area contributed by atoms with E-state index in [4.69, 9.17) is 5.73 Å². The smallest absolute Gasteiger partial charge is 0.0912 e. The van der Waals surface area contributed by atoms with Crippen LogP contribution in [0.15, 0.2) is 22.7 Å². The minimum absolute atomic E-state index is 0.258. The summed E-state index contributed by atoms with van der Waals surface area (Å²) in [6.07, 6.45) is -0.565. The fourth-order valence-corrected chi connectivity index (χ4v) is 1.83. The third-order valence-electron chi connectivity index (χ3n) is 2.22. The SMILES string of the molecule is CC(C)c1cc(Br)cc(C(O)CN)c1. The van der Waals surface area contributed by atoms with E-state index >= 15 is 0 Å². The molecular weight excluding hydrogens is 242 g/mol. The van der Waals surface area contributed by atoms with E-state index in [9.17, 15) is 5.11 Å². The maximum atomic E-state index is 9.61. The summed E-state index contributed by atoms with van der Waals surface area (Å²) in [4.78, 5) is 0. The van der Waals surface area contributed by atoms with Crippen LogP contribution < -0.4 is 5.73 Å². The van der Waals surface area contributed by atoms with Gasteiger partial charge in [0, 0.05) is 11.0 Å². The molecule has 0 fully saturated rings. The molecule has 0 spiro atoms. The Kier molecular flexibility index (Phi) is 4.11. The Labute approximate surface area is 93.3 Å². The number of nitrogens with two attached hydrogens (primary N) is 1. The van der Waals surface area contributed by atoms with Gasteiger partial charge in [-0.15, -0.1) is 0 Å². The zero-order chi connectivity index (χ0) is 10.7. The van der Waals surface area contributed by atoms with Gasteiger partial charge < -0.3 is 10.8 Å². The van der Waals surface area contributed by atoms with Gasteiger partial charge in [0.25, 0.3) is 0 Å². The van der Waals surface area contributed by atoms with Crippen molar-refractivity contribution in [2.75, 3.05) is 6.54 Å². The number of halogens is 1. The van der Waals surface area contributed by atoms with Crippen molar-refractivity contribution in [1.29, 1.82) is 0 Å². The van der Waals surface area contributed by atoms with Crippen molar-refractivity contribution in [1.82, 2.24) is 0 Å². The van der Waals surface area contributed by atoms with Crippen molar-refractivity contribution >= 4 is 15.9 Å². The van der Waals surface area contributed by atoms with Crippen molar-refractivity contribution in [2.24, 2.45) is 5.73 Å². The Morgan fingerprint density at radius 3 is 2.36 bits per heavy atom. The van der Waals surface area contributed by atoms with Gasteiger partial charge >= 0.3 is 0 Å². The van der Waals surface area contributed by atoms with E-state index in [1.165, 1.54) is 5.56 Å². The van der Waals surface area contributed by atoms with E-state index in [-0.39, 0.29) is 6.54 Å². The predicted molar refractivity (Wildman–Crippen MR) is 62.2 cm³/mol. The van der Waals surface area contributed by atoms with Crippen molar-refractivity contribution in [2.45, 2.75) is 25.9 Å². The molecule has 0 aliphatic heterocycles. The first-order valence-corrected chi connectivity index (χ1v) is 5.52. The molecule has 1 rings (SSSR count). The average Bonchev–Trinajstić information content (AvgIpc) is 2.15. The van der Waals surface area contributed by atoms with Crippen molar-refractivity contribution in [3.8, 4) is 0 Å². The molecule has 0 aliphatic carbocycles. The molecule has 2 nitrogen and oxygen atoms in total. The molecule has 0 aromatic heterocycles. The van der Waals surface area contributed by atoms with E-state index in [2.05, 4.69) is 35.8 Å². The van der Waals surface area contributed by atoms with Crippen molar-refractivity contribution in [3.63, 3.8) is 0 Å². The number of aliphatic hydroxyl groups excluding tert-OH is 1.